The van der Waals surface area contributed by atoms with E-state index in [0.717, 1.165) is 23.4 Å². The molecule has 20 heavy (non-hydrogen) atoms. The van der Waals surface area contributed by atoms with E-state index in [0.29, 0.717) is 11.5 Å². The Hall–Kier alpha value is -2.43. The van der Waals surface area contributed by atoms with Gasteiger partial charge in [0, 0.05) is 12.2 Å². The Morgan fingerprint density at radius 3 is 2.60 bits per heavy atom. The van der Waals surface area contributed by atoms with Gasteiger partial charge in [-0.3, -0.25) is 4.79 Å². The van der Waals surface area contributed by atoms with Crippen molar-refractivity contribution < 1.29 is 4.79 Å². The minimum absolute atomic E-state index is 0.255. The summed E-state index contributed by atoms with van der Waals surface area (Å²) in [6.45, 7) is 6.68. The van der Waals surface area contributed by atoms with Crippen LogP contribution in [0.3, 0.4) is 0 Å². The zero-order chi connectivity index (χ0) is 14.5. The SMILES string of the molecule is CCNc1ccc(C(=O)Nc2cc(C)ccc2C)nn1. The Bertz CT molecular complexity index is 608. The van der Waals surface area contributed by atoms with Gasteiger partial charge in [0.25, 0.3) is 5.91 Å². The first-order chi connectivity index (χ1) is 9.60. The van der Waals surface area contributed by atoms with Crippen LogP contribution >= 0.6 is 0 Å². The quantitative estimate of drug-likeness (QED) is 0.896. The van der Waals surface area contributed by atoms with Crippen LogP contribution in [0.5, 0.6) is 0 Å². The third-order valence-electron chi connectivity index (χ3n) is 2.90. The lowest BCUT2D eigenvalue weighted by Gasteiger charge is -2.09. The van der Waals surface area contributed by atoms with Gasteiger partial charge in [-0.1, -0.05) is 12.1 Å². The highest BCUT2D eigenvalue weighted by atomic mass is 16.1. The Morgan fingerprint density at radius 2 is 1.95 bits per heavy atom. The van der Waals surface area contributed by atoms with Crippen molar-refractivity contribution in [3.8, 4) is 0 Å². The van der Waals surface area contributed by atoms with Crippen LogP contribution in [-0.4, -0.2) is 22.6 Å². The van der Waals surface area contributed by atoms with Gasteiger partial charge in [-0.25, -0.2) is 0 Å². The van der Waals surface area contributed by atoms with Crippen molar-refractivity contribution in [1.29, 1.82) is 0 Å². The van der Waals surface area contributed by atoms with Gasteiger partial charge in [0.2, 0.25) is 0 Å². The van der Waals surface area contributed by atoms with E-state index in [-0.39, 0.29) is 5.91 Å². The van der Waals surface area contributed by atoms with Gasteiger partial charge in [-0.05, 0) is 50.1 Å². The Morgan fingerprint density at radius 1 is 1.15 bits per heavy atom. The fraction of sp³-hybridized carbons (Fsp3) is 0.267. The molecule has 0 unspecified atom stereocenters. The summed E-state index contributed by atoms with van der Waals surface area (Å²) in [6.07, 6.45) is 0. The van der Waals surface area contributed by atoms with Crippen LogP contribution in [0, 0.1) is 13.8 Å². The maximum atomic E-state index is 12.1. The highest BCUT2D eigenvalue weighted by molar-refractivity contribution is 6.03. The summed E-state index contributed by atoms with van der Waals surface area (Å²) in [6, 6.07) is 9.33. The van der Waals surface area contributed by atoms with Crippen LogP contribution in [-0.2, 0) is 0 Å². The average molecular weight is 270 g/mol. The number of anilines is 2. The average Bonchev–Trinajstić information content (AvgIpc) is 2.44. The van der Waals surface area contributed by atoms with E-state index in [1.165, 1.54) is 0 Å². The van der Waals surface area contributed by atoms with Gasteiger partial charge in [0.15, 0.2) is 5.69 Å². The number of amides is 1. The number of aromatic nitrogens is 2. The Labute approximate surface area is 118 Å². The lowest BCUT2D eigenvalue weighted by molar-refractivity contribution is 0.102. The van der Waals surface area contributed by atoms with E-state index < -0.39 is 0 Å². The normalized spacial score (nSPS) is 10.2. The van der Waals surface area contributed by atoms with Crippen LogP contribution in [0.25, 0.3) is 0 Å². The van der Waals surface area contributed by atoms with Gasteiger partial charge < -0.3 is 10.6 Å². The molecular formula is C15H18N4O. The molecule has 0 aliphatic rings. The fourth-order valence-electron chi connectivity index (χ4n) is 1.79. The molecule has 2 N–H and O–H groups in total. The summed E-state index contributed by atoms with van der Waals surface area (Å²) in [7, 11) is 0. The molecule has 5 nitrogen and oxygen atoms in total. The Balaban J connectivity index is 2.13. The molecule has 0 radical (unpaired) electrons. The smallest absolute Gasteiger partial charge is 0.276 e. The number of aryl methyl sites for hydroxylation is 2. The third kappa shape index (κ3) is 3.32. The van der Waals surface area contributed by atoms with Crippen LogP contribution in [0.15, 0.2) is 30.3 Å². The molecule has 5 heteroatoms. The molecule has 0 fully saturated rings. The molecule has 0 saturated heterocycles. The second-order valence-corrected chi connectivity index (χ2v) is 4.61. The number of benzene rings is 1. The topological polar surface area (TPSA) is 66.9 Å². The lowest BCUT2D eigenvalue weighted by Crippen LogP contribution is -2.15. The Kier molecular flexibility index (Phi) is 4.30. The second kappa shape index (κ2) is 6.14. The number of carbonyl (C=O) groups excluding carboxylic acids is 1. The highest BCUT2D eigenvalue weighted by Crippen LogP contribution is 2.17. The maximum absolute atomic E-state index is 12.1. The molecule has 2 rings (SSSR count). The summed E-state index contributed by atoms with van der Waals surface area (Å²) in [5.41, 5.74) is 3.21. The molecule has 1 aromatic carbocycles. The summed E-state index contributed by atoms with van der Waals surface area (Å²) in [4.78, 5) is 12.1. The summed E-state index contributed by atoms with van der Waals surface area (Å²) in [5, 5.41) is 13.8. The van der Waals surface area contributed by atoms with Crippen molar-refractivity contribution in [1.82, 2.24) is 10.2 Å². The van der Waals surface area contributed by atoms with Crippen molar-refractivity contribution in [2.75, 3.05) is 17.2 Å². The first-order valence-corrected chi connectivity index (χ1v) is 6.56. The molecule has 0 spiro atoms. The number of rotatable bonds is 4. The van der Waals surface area contributed by atoms with E-state index in [2.05, 4.69) is 20.8 Å². The number of hydrogen-bond donors (Lipinski definition) is 2. The van der Waals surface area contributed by atoms with E-state index in [9.17, 15) is 4.79 Å². The molecule has 0 aliphatic carbocycles. The lowest BCUT2D eigenvalue weighted by atomic mass is 10.1. The third-order valence-corrected chi connectivity index (χ3v) is 2.90. The predicted molar refractivity (Wildman–Crippen MR) is 80.1 cm³/mol. The standard InChI is InChI=1S/C15H18N4O/c1-4-16-14-8-7-12(18-19-14)15(20)17-13-9-10(2)5-6-11(13)3/h5-9H,4H2,1-3H3,(H,16,19)(H,17,20). The summed E-state index contributed by atoms with van der Waals surface area (Å²) in [5.74, 6) is 0.407. The minimum Gasteiger partial charge on any atom is -0.369 e. The van der Waals surface area contributed by atoms with Gasteiger partial charge in [0.05, 0.1) is 0 Å². The number of nitrogens with one attached hydrogen (secondary N) is 2. The first-order valence-electron chi connectivity index (χ1n) is 6.56. The van der Waals surface area contributed by atoms with Crippen molar-refractivity contribution in [2.24, 2.45) is 0 Å². The molecule has 0 atom stereocenters. The molecule has 0 bridgehead atoms. The van der Waals surface area contributed by atoms with E-state index >= 15 is 0 Å². The first kappa shape index (κ1) is 14.0. The van der Waals surface area contributed by atoms with E-state index in [4.69, 9.17) is 0 Å². The molecule has 0 aliphatic heterocycles. The molecular weight excluding hydrogens is 252 g/mol. The molecule has 1 heterocycles. The molecule has 0 saturated carbocycles. The van der Waals surface area contributed by atoms with Crippen molar-refractivity contribution in [3.05, 3.63) is 47.2 Å². The molecule has 1 aromatic heterocycles. The van der Waals surface area contributed by atoms with Crippen molar-refractivity contribution in [2.45, 2.75) is 20.8 Å². The van der Waals surface area contributed by atoms with Crippen LogP contribution < -0.4 is 10.6 Å². The van der Waals surface area contributed by atoms with E-state index in [1.807, 2.05) is 39.0 Å². The van der Waals surface area contributed by atoms with Gasteiger partial charge >= 0.3 is 0 Å². The van der Waals surface area contributed by atoms with Gasteiger partial charge in [-0.2, -0.15) is 0 Å². The van der Waals surface area contributed by atoms with Crippen LogP contribution in [0.4, 0.5) is 11.5 Å². The van der Waals surface area contributed by atoms with Crippen molar-refractivity contribution >= 4 is 17.4 Å². The predicted octanol–water partition coefficient (Wildman–Crippen LogP) is 2.78. The monoisotopic (exact) mass is 270 g/mol. The van der Waals surface area contributed by atoms with Crippen molar-refractivity contribution in [3.63, 3.8) is 0 Å². The second-order valence-electron chi connectivity index (χ2n) is 4.61. The van der Waals surface area contributed by atoms with Crippen LogP contribution in [0.2, 0.25) is 0 Å². The summed E-state index contributed by atoms with van der Waals surface area (Å²) >= 11 is 0. The number of hydrogen-bond acceptors (Lipinski definition) is 4. The number of nitrogens with zero attached hydrogens (tertiary/aromatic N) is 2. The molecule has 1 amide bonds. The van der Waals surface area contributed by atoms with Crippen LogP contribution in [0.1, 0.15) is 28.5 Å². The number of carbonyl (C=O) groups is 1. The highest BCUT2D eigenvalue weighted by Gasteiger charge is 2.10. The minimum atomic E-state index is -0.255. The van der Waals surface area contributed by atoms with Gasteiger partial charge in [0.1, 0.15) is 5.82 Å². The largest absolute Gasteiger partial charge is 0.369 e. The zero-order valence-electron chi connectivity index (χ0n) is 11.9. The fourth-order valence-corrected chi connectivity index (χ4v) is 1.79. The maximum Gasteiger partial charge on any atom is 0.276 e. The summed E-state index contributed by atoms with van der Waals surface area (Å²) < 4.78 is 0. The van der Waals surface area contributed by atoms with Gasteiger partial charge in [-0.15, -0.1) is 10.2 Å². The molecule has 104 valence electrons. The zero-order valence-corrected chi connectivity index (χ0v) is 11.9. The van der Waals surface area contributed by atoms with E-state index in [1.54, 1.807) is 12.1 Å². The molecule has 2 aromatic rings.